The second-order valence-electron chi connectivity index (χ2n) is 8.81. The van der Waals surface area contributed by atoms with E-state index in [-0.39, 0.29) is 30.7 Å². The molecule has 3 saturated heterocycles. The van der Waals surface area contributed by atoms with Gasteiger partial charge in [-0.25, -0.2) is 8.42 Å². The van der Waals surface area contributed by atoms with Gasteiger partial charge in [0, 0.05) is 60.1 Å². The molecule has 3 aliphatic rings. The van der Waals surface area contributed by atoms with Crippen LogP contribution in [-0.2, 0) is 14.8 Å². The van der Waals surface area contributed by atoms with Crippen molar-refractivity contribution in [1.82, 2.24) is 19.1 Å². The Morgan fingerprint density at radius 1 is 1.18 bits per heavy atom. The molecule has 1 amide bonds. The van der Waals surface area contributed by atoms with Crippen molar-refractivity contribution in [3.63, 3.8) is 0 Å². The number of pyridine rings is 1. The van der Waals surface area contributed by atoms with Gasteiger partial charge in [-0.1, -0.05) is 11.6 Å². The standard InChI is InChI=1S/C22H26ClN5O3S2/c1-25-20-14-27(33(30,31)13-6-18-2-3-19(23)32-18)15-21(29)28(20)16-22(25)7-11-26(12-8-22)17-4-9-24-10-5-17/h2-6,9-10,13,20H,7-8,11-12,14-16H2,1H3/b13-6+. The number of aromatic nitrogens is 1. The molecule has 176 valence electrons. The minimum absolute atomic E-state index is 0.124. The van der Waals surface area contributed by atoms with E-state index in [0.717, 1.165) is 36.5 Å². The number of nitrogens with zero attached hydrogens (tertiary/aromatic N) is 5. The smallest absolute Gasteiger partial charge is 0.239 e. The molecule has 11 heteroatoms. The Hall–Kier alpha value is -1.98. The predicted molar refractivity (Wildman–Crippen MR) is 131 cm³/mol. The van der Waals surface area contributed by atoms with Crippen molar-refractivity contribution in [1.29, 1.82) is 0 Å². The lowest BCUT2D eigenvalue weighted by atomic mass is 9.86. The lowest BCUT2D eigenvalue weighted by Crippen LogP contribution is -2.58. The highest BCUT2D eigenvalue weighted by atomic mass is 35.5. The zero-order valence-electron chi connectivity index (χ0n) is 18.3. The molecule has 5 heterocycles. The SMILES string of the molecule is CN1C2CN(S(=O)(=O)/C=C/c3ccc(Cl)s3)CC(=O)N2CC12CCN(c1ccncc1)CC2. The first kappa shape index (κ1) is 22.8. The van der Waals surface area contributed by atoms with E-state index in [1.54, 1.807) is 24.5 Å². The molecule has 0 N–H and O–H groups in total. The number of carbonyl (C=O) groups excluding carboxylic acids is 1. The molecule has 2 aromatic rings. The molecule has 5 rings (SSSR count). The molecule has 0 radical (unpaired) electrons. The number of amides is 1. The molecular weight excluding hydrogens is 482 g/mol. The quantitative estimate of drug-likeness (QED) is 0.633. The number of hydrogen-bond donors (Lipinski definition) is 0. The van der Waals surface area contributed by atoms with Crippen molar-refractivity contribution >= 4 is 50.6 Å². The summed E-state index contributed by atoms with van der Waals surface area (Å²) in [7, 11) is -1.70. The second-order valence-corrected chi connectivity index (χ2v) is 12.4. The Labute approximate surface area is 203 Å². The van der Waals surface area contributed by atoms with Crippen LogP contribution in [-0.4, -0.2) is 84.9 Å². The molecule has 2 aromatic heterocycles. The second kappa shape index (κ2) is 8.66. The summed E-state index contributed by atoms with van der Waals surface area (Å²) >= 11 is 7.24. The molecule has 3 aliphatic heterocycles. The minimum Gasteiger partial charge on any atom is -0.371 e. The van der Waals surface area contributed by atoms with Gasteiger partial charge in [-0.3, -0.25) is 14.7 Å². The van der Waals surface area contributed by atoms with E-state index in [1.165, 1.54) is 27.1 Å². The zero-order chi connectivity index (χ0) is 23.2. The number of fused-ring (bicyclic) bond motifs is 1. The molecule has 0 aliphatic carbocycles. The van der Waals surface area contributed by atoms with E-state index in [9.17, 15) is 13.2 Å². The molecule has 0 saturated carbocycles. The van der Waals surface area contributed by atoms with Gasteiger partial charge in [0.1, 0.15) is 0 Å². The van der Waals surface area contributed by atoms with E-state index in [4.69, 9.17) is 11.6 Å². The van der Waals surface area contributed by atoms with Gasteiger partial charge in [-0.15, -0.1) is 11.3 Å². The Morgan fingerprint density at radius 2 is 1.91 bits per heavy atom. The predicted octanol–water partition coefficient (Wildman–Crippen LogP) is 2.55. The van der Waals surface area contributed by atoms with E-state index >= 15 is 0 Å². The van der Waals surface area contributed by atoms with Crippen LogP contribution >= 0.6 is 22.9 Å². The first-order valence-corrected chi connectivity index (χ1v) is 13.6. The summed E-state index contributed by atoms with van der Waals surface area (Å²) in [5.41, 5.74) is 1.03. The number of hydrogen-bond acceptors (Lipinski definition) is 7. The van der Waals surface area contributed by atoms with Crippen LogP contribution in [0.5, 0.6) is 0 Å². The normalized spacial score (nSPS) is 24.2. The van der Waals surface area contributed by atoms with Crippen LogP contribution in [0.3, 0.4) is 0 Å². The maximum absolute atomic E-state index is 13.0. The summed E-state index contributed by atoms with van der Waals surface area (Å²) in [5, 5.41) is 1.18. The fraction of sp³-hybridized carbons (Fsp3) is 0.455. The largest absolute Gasteiger partial charge is 0.371 e. The number of likely N-dealkylation sites (N-methyl/N-ethyl adjacent to an activating group) is 1. The number of rotatable bonds is 4. The van der Waals surface area contributed by atoms with Crippen molar-refractivity contribution in [2.75, 3.05) is 44.7 Å². The summed E-state index contributed by atoms with van der Waals surface area (Å²) in [6.45, 7) is 2.57. The highest BCUT2D eigenvalue weighted by Gasteiger charge is 2.54. The van der Waals surface area contributed by atoms with E-state index in [2.05, 4.69) is 14.8 Å². The fourth-order valence-corrected chi connectivity index (χ4v) is 7.29. The monoisotopic (exact) mass is 507 g/mol. The molecule has 1 unspecified atom stereocenters. The van der Waals surface area contributed by atoms with Crippen LogP contribution in [0.1, 0.15) is 17.7 Å². The summed E-state index contributed by atoms with van der Waals surface area (Å²) in [6.07, 6.45) is 6.72. The molecular formula is C22H26ClN5O3S2. The van der Waals surface area contributed by atoms with Crippen LogP contribution in [0.25, 0.3) is 6.08 Å². The number of sulfonamides is 1. The third-order valence-electron chi connectivity index (χ3n) is 7.10. The van der Waals surface area contributed by atoms with Crippen molar-refractivity contribution in [3.8, 4) is 0 Å². The fourth-order valence-electron chi connectivity index (χ4n) is 5.12. The van der Waals surface area contributed by atoms with Crippen molar-refractivity contribution < 1.29 is 13.2 Å². The van der Waals surface area contributed by atoms with Gasteiger partial charge in [0.05, 0.1) is 17.0 Å². The third kappa shape index (κ3) is 4.30. The zero-order valence-corrected chi connectivity index (χ0v) is 20.7. The molecule has 1 spiro atoms. The van der Waals surface area contributed by atoms with Crippen LogP contribution in [0.15, 0.2) is 42.1 Å². The summed E-state index contributed by atoms with van der Waals surface area (Å²) < 4.78 is 27.9. The van der Waals surface area contributed by atoms with Crippen LogP contribution in [0.4, 0.5) is 5.69 Å². The van der Waals surface area contributed by atoms with Gasteiger partial charge in [0.15, 0.2) is 0 Å². The maximum Gasteiger partial charge on any atom is 0.239 e. The number of anilines is 1. The highest BCUT2D eigenvalue weighted by Crippen LogP contribution is 2.40. The van der Waals surface area contributed by atoms with Crippen LogP contribution in [0, 0.1) is 0 Å². The number of carbonyl (C=O) groups is 1. The lowest BCUT2D eigenvalue weighted by Gasteiger charge is -2.44. The van der Waals surface area contributed by atoms with Crippen molar-refractivity contribution in [2.24, 2.45) is 0 Å². The average Bonchev–Trinajstić information content (AvgIpc) is 3.35. The van der Waals surface area contributed by atoms with Gasteiger partial charge >= 0.3 is 0 Å². The summed E-state index contributed by atoms with van der Waals surface area (Å²) in [6, 6.07) is 7.54. The van der Waals surface area contributed by atoms with E-state index in [0.29, 0.717) is 10.9 Å². The highest BCUT2D eigenvalue weighted by molar-refractivity contribution is 7.92. The number of piperidine rings is 1. The van der Waals surface area contributed by atoms with Gasteiger partial charge in [0.25, 0.3) is 0 Å². The Balaban J connectivity index is 1.29. The number of piperazine rings is 1. The van der Waals surface area contributed by atoms with Gasteiger partial charge in [0.2, 0.25) is 15.9 Å². The molecule has 0 aromatic carbocycles. The summed E-state index contributed by atoms with van der Waals surface area (Å²) in [4.78, 5) is 24.3. The Morgan fingerprint density at radius 3 is 2.58 bits per heavy atom. The summed E-state index contributed by atoms with van der Waals surface area (Å²) in [5.74, 6) is -0.136. The number of thiophene rings is 1. The van der Waals surface area contributed by atoms with Gasteiger partial charge in [-0.05, 0) is 50.2 Å². The third-order valence-corrected chi connectivity index (χ3v) is 9.77. The topological polar surface area (TPSA) is 77.1 Å². The molecule has 3 fully saturated rings. The van der Waals surface area contributed by atoms with E-state index in [1.807, 2.05) is 24.1 Å². The molecule has 8 nitrogen and oxygen atoms in total. The Kier molecular flexibility index (Phi) is 5.98. The number of halogens is 1. The first-order chi connectivity index (χ1) is 15.8. The van der Waals surface area contributed by atoms with Crippen molar-refractivity contribution in [2.45, 2.75) is 24.5 Å². The first-order valence-electron chi connectivity index (χ1n) is 10.9. The lowest BCUT2D eigenvalue weighted by molar-refractivity contribution is -0.137. The minimum atomic E-state index is -3.73. The van der Waals surface area contributed by atoms with Gasteiger partial charge in [-0.2, -0.15) is 4.31 Å². The molecule has 1 atom stereocenters. The van der Waals surface area contributed by atoms with E-state index < -0.39 is 10.0 Å². The van der Waals surface area contributed by atoms with Crippen molar-refractivity contribution in [3.05, 3.63) is 51.3 Å². The maximum atomic E-state index is 13.0. The average molecular weight is 508 g/mol. The molecule has 0 bridgehead atoms. The Bertz CT molecular complexity index is 1160. The molecule has 33 heavy (non-hydrogen) atoms. The van der Waals surface area contributed by atoms with Crippen LogP contribution < -0.4 is 4.90 Å². The van der Waals surface area contributed by atoms with Crippen LogP contribution in [0.2, 0.25) is 4.34 Å². The van der Waals surface area contributed by atoms with Gasteiger partial charge < -0.3 is 9.80 Å².